The van der Waals surface area contributed by atoms with E-state index in [1.807, 2.05) is 20.8 Å². The summed E-state index contributed by atoms with van der Waals surface area (Å²) < 4.78 is 5.03. The highest BCUT2D eigenvalue weighted by Gasteiger charge is 2.21. The Balaban J connectivity index is 4.18. The van der Waals surface area contributed by atoms with E-state index in [2.05, 4.69) is 5.32 Å². The Morgan fingerprint density at radius 3 is 2.36 bits per heavy atom. The van der Waals surface area contributed by atoms with Crippen LogP contribution in [-0.2, 0) is 9.53 Å². The Labute approximate surface area is 85.6 Å². The third-order valence-electron chi connectivity index (χ3n) is 2.27. The van der Waals surface area contributed by atoms with Crippen molar-refractivity contribution in [2.24, 2.45) is 5.92 Å². The van der Waals surface area contributed by atoms with Gasteiger partial charge in [-0.05, 0) is 12.3 Å². The van der Waals surface area contributed by atoms with Crippen LogP contribution in [0, 0.1) is 5.92 Å². The monoisotopic (exact) mass is 203 g/mol. The molecule has 0 amide bonds. The van der Waals surface area contributed by atoms with Gasteiger partial charge in [0.15, 0.2) is 0 Å². The lowest BCUT2D eigenvalue weighted by Crippen LogP contribution is -2.47. The molecule has 0 radical (unpaired) electrons. The van der Waals surface area contributed by atoms with Crippen LogP contribution in [0.5, 0.6) is 0 Å². The first-order chi connectivity index (χ1) is 6.52. The Kier molecular flexibility index (Phi) is 6.49. The van der Waals surface area contributed by atoms with Crippen molar-refractivity contribution in [3.8, 4) is 0 Å². The number of aliphatic carboxylic acids is 1. The molecule has 0 aromatic rings. The van der Waals surface area contributed by atoms with Gasteiger partial charge in [-0.2, -0.15) is 0 Å². The van der Waals surface area contributed by atoms with Gasteiger partial charge in [0, 0.05) is 13.2 Å². The lowest BCUT2D eigenvalue weighted by atomic mass is 10.0. The van der Waals surface area contributed by atoms with Gasteiger partial charge in [-0.1, -0.05) is 20.8 Å². The first-order valence-electron chi connectivity index (χ1n) is 5.00. The minimum Gasteiger partial charge on any atom is -0.480 e. The average molecular weight is 203 g/mol. The molecule has 84 valence electrons. The van der Waals surface area contributed by atoms with E-state index in [9.17, 15) is 4.79 Å². The van der Waals surface area contributed by atoms with Crippen LogP contribution in [0.1, 0.15) is 27.2 Å². The highest BCUT2D eigenvalue weighted by Crippen LogP contribution is 2.04. The summed E-state index contributed by atoms with van der Waals surface area (Å²) >= 11 is 0. The summed E-state index contributed by atoms with van der Waals surface area (Å²) in [4.78, 5) is 10.8. The van der Waals surface area contributed by atoms with Gasteiger partial charge in [0.05, 0.1) is 6.61 Å². The third-order valence-corrected chi connectivity index (χ3v) is 2.27. The smallest absolute Gasteiger partial charge is 0.320 e. The minimum atomic E-state index is -0.797. The number of carboxylic acid groups (broad SMARTS) is 1. The van der Waals surface area contributed by atoms with E-state index in [0.29, 0.717) is 18.9 Å². The van der Waals surface area contributed by atoms with E-state index in [4.69, 9.17) is 9.84 Å². The zero-order chi connectivity index (χ0) is 11.1. The summed E-state index contributed by atoms with van der Waals surface area (Å²) in [5, 5.41) is 11.9. The van der Waals surface area contributed by atoms with E-state index < -0.39 is 12.0 Å². The molecule has 0 aliphatic carbocycles. The second kappa shape index (κ2) is 6.79. The first-order valence-corrected chi connectivity index (χ1v) is 5.00. The normalized spacial score (nSPS) is 15.5. The molecule has 0 rings (SSSR count). The molecule has 0 aromatic heterocycles. The number of rotatable bonds is 7. The summed E-state index contributed by atoms with van der Waals surface area (Å²) in [6, 6.07) is -0.376. The molecule has 4 heteroatoms. The number of methoxy groups -OCH3 is 1. The molecule has 0 fully saturated rings. The molecule has 0 saturated heterocycles. The van der Waals surface area contributed by atoms with E-state index >= 15 is 0 Å². The standard InChI is InChI=1S/C10H21NO3/c1-5-8(10(12)13)11-9(6-14-4)7(2)3/h7-9,11H,5-6H2,1-4H3,(H,12,13). The fourth-order valence-electron chi connectivity index (χ4n) is 1.23. The van der Waals surface area contributed by atoms with E-state index in [-0.39, 0.29) is 6.04 Å². The molecule has 0 aliphatic heterocycles. The quantitative estimate of drug-likeness (QED) is 0.650. The summed E-state index contributed by atoms with van der Waals surface area (Å²) in [5.41, 5.74) is 0. The molecule has 0 aromatic carbocycles. The molecule has 2 atom stereocenters. The largest absolute Gasteiger partial charge is 0.480 e. The number of carbonyl (C=O) groups is 1. The summed E-state index contributed by atoms with van der Waals surface area (Å²) in [7, 11) is 1.62. The molecule has 0 bridgehead atoms. The Morgan fingerprint density at radius 2 is 2.07 bits per heavy atom. The Hall–Kier alpha value is -0.610. The Morgan fingerprint density at radius 1 is 1.50 bits per heavy atom. The maximum Gasteiger partial charge on any atom is 0.320 e. The van der Waals surface area contributed by atoms with Crippen molar-refractivity contribution in [3.05, 3.63) is 0 Å². The fraction of sp³-hybridized carbons (Fsp3) is 0.900. The second-order valence-electron chi connectivity index (χ2n) is 3.77. The SMILES string of the molecule is CCC(NC(COC)C(C)C)C(=O)O. The van der Waals surface area contributed by atoms with Gasteiger partial charge in [-0.3, -0.25) is 10.1 Å². The zero-order valence-corrected chi connectivity index (χ0v) is 9.41. The predicted molar refractivity (Wildman–Crippen MR) is 55.4 cm³/mol. The molecule has 2 N–H and O–H groups in total. The number of hydrogen-bond acceptors (Lipinski definition) is 3. The predicted octanol–water partition coefficient (Wildman–Crippen LogP) is 1.11. The van der Waals surface area contributed by atoms with Crippen LogP contribution in [0.3, 0.4) is 0 Å². The van der Waals surface area contributed by atoms with Crippen molar-refractivity contribution in [2.75, 3.05) is 13.7 Å². The van der Waals surface area contributed by atoms with E-state index in [0.717, 1.165) is 0 Å². The Bertz CT molecular complexity index is 171. The molecule has 0 aliphatic rings. The average Bonchev–Trinajstić information content (AvgIpc) is 2.11. The minimum absolute atomic E-state index is 0.0982. The molecule has 0 spiro atoms. The van der Waals surface area contributed by atoms with Crippen LogP contribution < -0.4 is 5.32 Å². The number of hydrogen-bond donors (Lipinski definition) is 2. The van der Waals surface area contributed by atoms with Crippen LogP contribution in [0.25, 0.3) is 0 Å². The molecule has 14 heavy (non-hydrogen) atoms. The molecular weight excluding hydrogens is 182 g/mol. The molecule has 4 nitrogen and oxygen atoms in total. The van der Waals surface area contributed by atoms with Gasteiger partial charge < -0.3 is 9.84 Å². The fourth-order valence-corrected chi connectivity index (χ4v) is 1.23. The maximum absolute atomic E-state index is 10.8. The van der Waals surface area contributed by atoms with Crippen molar-refractivity contribution in [1.29, 1.82) is 0 Å². The van der Waals surface area contributed by atoms with Crippen molar-refractivity contribution >= 4 is 5.97 Å². The van der Waals surface area contributed by atoms with Crippen molar-refractivity contribution in [1.82, 2.24) is 5.32 Å². The van der Waals surface area contributed by atoms with Crippen LogP contribution >= 0.6 is 0 Å². The molecule has 0 heterocycles. The van der Waals surface area contributed by atoms with E-state index in [1.165, 1.54) is 0 Å². The summed E-state index contributed by atoms with van der Waals surface area (Å²) in [5.74, 6) is -0.433. The van der Waals surface area contributed by atoms with Gasteiger partial charge in [0.2, 0.25) is 0 Å². The van der Waals surface area contributed by atoms with Crippen molar-refractivity contribution < 1.29 is 14.6 Å². The summed E-state index contributed by atoms with van der Waals surface area (Å²) in [6.07, 6.45) is 0.586. The number of ether oxygens (including phenoxy) is 1. The van der Waals surface area contributed by atoms with Crippen molar-refractivity contribution in [2.45, 2.75) is 39.3 Å². The van der Waals surface area contributed by atoms with Crippen LogP contribution in [0.15, 0.2) is 0 Å². The lowest BCUT2D eigenvalue weighted by molar-refractivity contribution is -0.140. The number of carboxylic acids is 1. The van der Waals surface area contributed by atoms with E-state index in [1.54, 1.807) is 7.11 Å². The van der Waals surface area contributed by atoms with Crippen molar-refractivity contribution in [3.63, 3.8) is 0 Å². The van der Waals surface area contributed by atoms with Crippen LogP contribution in [0.2, 0.25) is 0 Å². The van der Waals surface area contributed by atoms with Gasteiger partial charge in [0.25, 0.3) is 0 Å². The lowest BCUT2D eigenvalue weighted by Gasteiger charge is -2.25. The first kappa shape index (κ1) is 13.4. The topological polar surface area (TPSA) is 58.6 Å². The van der Waals surface area contributed by atoms with Crippen LogP contribution in [-0.4, -0.2) is 36.9 Å². The highest BCUT2D eigenvalue weighted by molar-refractivity contribution is 5.73. The summed E-state index contributed by atoms with van der Waals surface area (Å²) in [6.45, 7) is 6.49. The maximum atomic E-state index is 10.8. The highest BCUT2D eigenvalue weighted by atomic mass is 16.5. The second-order valence-corrected chi connectivity index (χ2v) is 3.77. The molecule has 2 unspecified atom stereocenters. The molecular formula is C10H21NO3. The van der Waals surface area contributed by atoms with Gasteiger partial charge in [0.1, 0.15) is 6.04 Å². The van der Waals surface area contributed by atoms with Gasteiger partial charge in [-0.25, -0.2) is 0 Å². The van der Waals surface area contributed by atoms with Crippen LogP contribution in [0.4, 0.5) is 0 Å². The third kappa shape index (κ3) is 4.58. The van der Waals surface area contributed by atoms with Gasteiger partial charge in [-0.15, -0.1) is 0 Å². The zero-order valence-electron chi connectivity index (χ0n) is 9.41. The number of nitrogens with one attached hydrogen (secondary N) is 1. The van der Waals surface area contributed by atoms with Gasteiger partial charge >= 0.3 is 5.97 Å². The molecule has 0 saturated carbocycles.